The quantitative estimate of drug-likeness (QED) is 0.618. The number of hydrogen-bond acceptors (Lipinski definition) is 3. The Morgan fingerprint density at radius 1 is 1.62 bits per heavy atom. The van der Waals surface area contributed by atoms with E-state index in [1.54, 1.807) is 6.20 Å². The van der Waals surface area contributed by atoms with E-state index in [1.807, 2.05) is 12.3 Å². The van der Waals surface area contributed by atoms with Crippen LogP contribution >= 0.6 is 0 Å². The van der Waals surface area contributed by atoms with Crippen LogP contribution in [0.4, 0.5) is 0 Å². The maximum absolute atomic E-state index is 10.5. The van der Waals surface area contributed by atoms with Gasteiger partial charge in [0.1, 0.15) is 6.29 Å². The topological polar surface area (TPSA) is 58.5 Å². The molecule has 1 amide bonds. The fourth-order valence-electron chi connectivity index (χ4n) is 1.26. The third-order valence-electron chi connectivity index (χ3n) is 1.96. The molecule has 0 aromatic heterocycles. The van der Waals surface area contributed by atoms with Crippen LogP contribution in [0.1, 0.15) is 12.8 Å². The van der Waals surface area contributed by atoms with E-state index in [9.17, 15) is 9.59 Å². The number of allylic oxidation sites excluding steroid dienone is 1. The van der Waals surface area contributed by atoms with Gasteiger partial charge in [-0.1, -0.05) is 6.08 Å². The van der Waals surface area contributed by atoms with E-state index in [4.69, 9.17) is 0 Å². The predicted octanol–water partition coefficient (Wildman–Crippen LogP) is 0.294. The van der Waals surface area contributed by atoms with Gasteiger partial charge in [0, 0.05) is 12.4 Å². The van der Waals surface area contributed by atoms with Gasteiger partial charge in [-0.25, -0.2) is 0 Å². The summed E-state index contributed by atoms with van der Waals surface area (Å²) in [7, 11) is 0. The fraction of sp³-hybridized carbons (Fsp3) is 0.444. The first-order chi connectivity index (χ1) is 6.36. The Kier molecular flexibility index (Phi) is 3.88. The Labute approximate surface area is 76.7 Å². The minimum Gasteiger partial charge on any atom is -0.349 e. The molecule has 4 nitrogen and oxygen atoms in total. The van der Waals surface area contributed by atoms with E-state index in [0.29, 0.717) is 18.7 Å². The molecule has 4 heteroatoms. The van der Waals surface area contributed by atoms with Crippen molar-refractivity contribution in [2.75, 3.05) is 0 Å². The van der Waals surface area contributed by atoms with Crippen molar-refractivity contribution in [1.82, 2.24) is 5.32 Å². The van der Waals surface area contributed by atoms with Crippen LogP contribution < -0.4 is 5.32 Å². The first kappa shape index (κ1) is 9.64. The zero-order valence-corrected chi connectivity index (χ0v) is 7.22. The summed E-state index contributed by atoms with van der Waals surface area (Å²) in [5.74, 6) is 0.306. The molecule has 1 unspecified atom stereocenters. The van der Waals surface area contributed by atoms with Crippen molar-refractivity contribution in [2.45, 2.75) is 18.9 Å². The van der Waals surface area contributed by atoms with E-state index in [2.05, 4.69) is 10.3 Å². The zero-order valence-electron chi connectivity index (χ0n) is 7.22. The molecule has 0 saturated carbocycles. The van der Waals surface area contributed by atoms with Crippen LogP contribution in [0.3, 0.4) is 0 Å². The maximum atomic E-state index is 10.5. The van der Waals surface area contributed by atoms with Gasteiger partial charge in [-0.15, -0.1) is 0 Å². The number of rotatable bonds is 5. The van der Waals surface area contributed by atoms with Crippen LogP contribution in [-0.4, -0.2) is 25.0 Å². The third-order valence-corrected chi connectivity index (χ3v) is 1.96. The van der Waals surface area contributed by atoms with E-state index in [1.165, 1.54) is 0 Å². The molecular formula is C9H12N2O2. The normalized spacial score (nSPS) is 22.3. The minimum atomic E-state index is -0.376. The molecule has 1 aliphatic rings. The van der Waals surface area contributed by atoms with E-state index >= 15 is 0 Å². The lowest BCUT2D eigenvalue weighted by molar-refractivity contribution is -0.115. The van der Waals surface area contributed by atoms with Crippen molar-refractivity contribution < 1.29 is 9.59 Å². The molecule has 0 aromatic carbocycles. The van der Waals surface area contributed by atoms with Gasteiger partial charge in [0.05, 0.1) is 6.04 Å². The van der Waals surface area contributed by atoms with E-state index in [0.717, 1.165) is 12.7 Å². The summed E-state index contributed by atoms with van der Waals surface area (Å²) >= 11 is 0. The molecule has 70 valence electrons. The van der Waals surface area contributed by atoms with Crippen molar-refractivity contribution >= 4 is 18.9 Å². The average Bonchev–Trinajstić information content (AvgIpc) is 2.19. The molecule has 1 aliphatic heterocycles. The highest BCUT2D eigenvalue weighted by molar-refractivity contribution is 5.64. The molecule has 1 heterocycles. The van der Waals surface area contributed by atoms with Crippen molar-refractivity contribution in [2.24, 2.45) is 10.9 Å². The molecule has 1 N–H and O–H groups in total. The molecular weight excluding hydrogens is 168 g/mol. The van der Waals surface area contributed by atoms with E-state index < -0.39 is 0 Å². The van der Waals surface area contributed by atoms with Crippen molar-refractivity contribution in [3.05, 3.63) is 12.3 Å². The van der Waals surface area contributed by atoms with Gasteiger partial charge in [0.2, 0.25) is 6.41 Å². The Hall–Kier alpha value is -1.45. The smallest absolute Gasteiger partial charge is 0.207 e. The molecule has 0 fully saturated rings. The standard InChI is InChI=1S/C9H12N2O2/c12-6-9(11-7-13)5-8-1-3-10-4-2-8/h1,3-4,6-9H,2,5H2,(H,11,13)/t8?,9-/m0/s1. The molecule has 0 saturated heterocycles. The third kappa shape index (κ3) is 3.19. The van der Waals surface area contributed by atoms with Gasteiger partial charge in [0.15, 0.2) is 0 Å². The summed E-state index contributed by atoms with van der Waals surface area (Å²) in [6.45, 7) is 0. The first-order valence-corrected chi connectivity index (χ1v) is 4.20. The Bertz CT molecular complexity index is 234. The monoisotopic (exact) mass is 180 g/mol. The second-order valence-corrected chi connectivity index (χ2v) is 2.93. The number of carbonyl (C=O) groups is 2. The summed E-state index contributed by atoms with van der Waals surface area (Å²) in [4.78, 5) is 24.5. The maximum Gasteiger partial charge on any atom is 0.207 e. The van der Waals surface area contributed by atoms with Crippen molar-refractivity contribution in [1.29, 1.82) is 0 Å². The van der Waals surface area contributed by atoms with Crippen LogP contribution in [0.15, 0.2) is 17.3 Å². The number of carbonyl (C=O) groups excluding carboxylic acids is 2. The molecule has 0 aliphatic carbocycles. The molecule has 1 rings (SSSR count). The lowest BCUT2D eigenvalue weighted by atomic mass is 9.96. The van der Waals surface area contributed by atoms with Gasteiger partial charge in [0.25, 0.3) is 0 Å². The number of hydrogen-bond donors (Lipinski definition) is 1. The van der Waals surface area contributed by atoms with Gasteiger partial charge < -0.3 is 10.1 Å². The summed E-state index contributed by atoms with van der Waals surface area (Å²) < 4.78 is 0. The van der Waals surface area contributed by atoms with Crippen LogP contribution in [0.25, 0.3) is 0 Å². The second-order valence-electron chi connectivity index (χ2n) is 2.93. The highest BCUT2D eigenvalue weighted by Gasteiger charge is 2.13. The molecule has 0 radical (unpaired) electrons. The molecule has 0 spiro atoms. The van der Waals surface area contributed by atoms with Crippen molar-refractivity contribution in [3.63, 3.8) is 0 Å². The summed E-state index contributed by atoms with van der Waals surface area (Å²) in [6.07, 6.45) is 8.27. The molecule has 0 bridgehead atoms. The Balaban J connectivity index is 2.36. The zero-order chi connectivity index (χ0) is 9.52. The summed E-state index contributed by atoms with van der Waals surface area (Å²) in [5, 5.41) is 2.45. The van der Waals surface area contributed by atoms with Gasteiger partial charge in [-0.3, -0.25) is 9.79 Å². The molecule has 2 atom stereocenters. The lowest BCUT2D eigenvalue weighted by Gasteiger charge is -2.15. The van der Waals surface area contributed by atoms with Gasteiger partial charge in [-0.05, 0) is 18.8 Å². The number of nitrogens with zero attached hydrogens (tertiary/aromatic N) is 1. The molecule has 13 heavy (non-hydrogen) atoms. The lowest BCUT2D eigenvalue weighted by Crippen LogP contribution is -2.31. The van der Waals surface area contributed by atoms with Crippen LogP contribution in [-0.2, 0) is 9.59 Å². The average molecular weight is 180 g/mol. The first-order valence-electron chi connectivity index (χ1n) is 4.20. The van der Waals surface area contributed by atoms with E-state index in [-0.39, 0.29) is 6.04 Å². The highest BCUT2D eigenvalue weighted by Crippen LogP contribution is 2.14. The van der Waals surface area contributed by atoms with Crippen LogP contribution in [0.2, 0.25) is 0 Å². The second kappa shape index (κ2) is 5.24. The van der Waals surface area contributed by atoms with Gasteiger partial charge in [-0.2, -0.15) is 0 Å². The highest BCUT2D eigenvalue weighted by atomic mass is 16.1. The number of amides is 1. The van der Waals surface area contributed by atoms with Crippen LogP contribution in [0, 0.1) is 5.92 Å². The minimum absolute atomic E-state index is 0.306. The predicted molar refractivity (Wildman–Crippen MR) is 49.4 cm³/mol. The summed E-state index contributed by atoms with van der Waals surface area (Å²) in [6, 6.07) is -0.376. The van der Waals surface area contributed by atoms with Gasteiger partial charge >= 0.3 is 0 Å². The molecule has 0 aromatic rings. The largest absolute Gasteiger partial charge is 0.349 e. The van der Waals surface area contributed by atoms with Crippen LogP contribution in [0.5, 0.6) is 0 Å². The number of aliphatic imine (C=N–C) groups is 1. The number of nitrogens with one attached hydrogen (secondary N) is 1. The number of aldehydes is 1. The summed E-state index contributed by atoms with van der Waals surface area (Å²) in [5.41, 5.74) is 0. The SMILES string of the molecule is O=CN[C@H](C=O)CC1C=CN=CC1. The fourth-order valence-corrected chi connectivity index (χ4v) is 1.26. The Morgan fingerprint density at radius 3 is 3.00 bits per heavy atom. The van der Waals surface area contributed by atoms with Crippen molar-refractivity contribution in [3.8, 4) is 0 Å². The Morgan fingerprint density at radius 2 is 2.46 bits per heavy atom.